The van der Waals surface area contributed by atoms with Gasteiger partial charge < -0.3 is 5.11 Å². The fourth-order valence-corrected chi connectivity index (χ4v) is 3.11. The van der Waals surface area contributed by atoms with Crippen molar-refractivity contribution >= 4 is 17.3 Å². The van der Waals surface area contributed by atoms with Crippen LogP contribution in [0.2, 0.25) is 5.02 Å². The van der Waals surface area contributed by atoms with Crippen molar-refractivity contribution in [2.45, 2.75) is 13.2 Å². The van der Waals surface area contributed by atoms with Crippen molar-refractivity contribution in [1.82, 2.24) is 9.55 Å². The molecule has 0 fully saturated rings. The molecule has 114 valence electrons. The summed E-state index contributed by atoms with van der Waals surface area (Å²) in [6.07, 6.45) is 0.688. The molecule has 1 aliphatic heterocycles. The highest BCUT2D eigenvalue weighted by atomic mass is 35.5. The minimum Gasteiger partial charge on any atom is -0.367 e. The van der Waals surface area contributed by atoms with E-state index in [-0.39, 0.29) is 0 Å². The van der Waals surface area contributed by atoms with E-state index in [9.17, 15) is 5.11 Å². The maximum Gasteiger partial charge on any atom is 0.189 e. The second kappa shape index (κ2) is 5.33. The Labute approximate surface area is 138 Å². The average molecular weight is 324 g/mol. The van der Waals surface area contributed by atoms with Gasteiger partial charge in [-0.2, -0.15) is 0 Å². The third-order valence-electron chi connectivity index (χ3n) is 3.98. The van der Waals surface area contributed by atoms with E-state index >= 15 is 0 Å². The van der Waals surface area contributed by atoms with Gasteiger partial charge >= 0.3 is 0 Å². The fraction of sp³-hybridized carbons (Fsp3) is 0.111. The first-order valence-corrected chi connectivity index (χ1v) is 7.69. The zero-order valence-corrected chi connectivity index (χ0v) is 13.2. The summed E-state index contributed by atoms with van der Waals surface area (Å²) >= 11 is 6.22. The van der Waals surface area contributed by atoms with Crippen molar-refractivity contribution in [3.8, 4) is 5.69 Å². The van der Waals surface area contributed by atoms with Crippen molar-refractivity contribution in [1.29, 1.82) is 0 Å². The Balaban J connectivity index is 2.06. The van der Waals surface area contributed by atoms with Crippen LogP contribution in [0.15, 0.2) is 59.7 Å². The van der Waals surface area contributed by atoms with Gasteiger partial charge in [0, 0.05) is 16.1 Å². The standard InChI is InChI=1S/C18H14ClN3O/c1-11-20-10-16-18(23)21-17(12-5-3-2-4-6-12)14-9-13(19)7-8-15(14)22(11)16/h2-10,18,23H,1H3. The number of fused-ring (bicyclic) bond motifs is 3. The minimum absolute atomic E-state index is 0.628. The normalized spacial score (nSPS) is 16.3. The SMILES string of the molecule is Cc1ncc2n1-c1ccc(Cl)cc1C(c1ccccc1)=NC2O. The maximum atomic E-state index is 10.5. The molecule has 1 aromatic heterocycles. The number of halogens is 1. The summed E-state index contributed by atoms with van der Waals surface area (Å²) in [5.41, 5.74) is 4.10. The molecule has 1 unspecified atom stereocenters. The summed E-state index contributed by atoms with van der Waals surface area (Å²) in [6, 6.07) is 15.5. The van der Waals surface area contributed by atoms with Gasteiger partial charge in [0.1, 0.15) is 5.82 Å². The Morgan fingerprint density at radius 3 is 2.70 bits per heavy atom. The molecule has 1 aliphatic rings. The lowest BCUT2D eigenvalue weighted by molar-refractivity contribution is 0.182. The largest absolute Gasteiger partial charge is 0.367 e. The number of benzene rings is 2. The van der Waals surface area contributed by atoms with Gasteiger partial charge in [-0.25, -0.2) is 9.98 Å². The quantitative estimate of drug-likeness (QED) is 0.742. The van der Waals surface area contributed by atoms with Crippen molar-refractivity contribution in [3.05, 3.63) is 82.4 Å². The molecule has 0 spiro atoms. The molecule has 0 saturated heterocycles. The van der Waals surface area contributed by atoms with Gasteiger partial charge in [0.05, 0.1) is 23.3 Å². The molecule has 0 amide bonds. The minimum atomic E-state index is -0.974. The summed E-state index contributed by atoms with van der Waals surface area (Å²) in [5.74, 6) is 0.798. The number of nitrogens with zero attached hydrogens (tertiary/aromatic N) is 3. The third kappa shape index (κ3) is 2.27. The second-order valence-corrected chi connectivity index (χ2v) is 5.88. The van der Waals surface area contributed by atoms with E-state index in [0.717, 1.165) is 28.4 Å². The van der Waals surface area contributed by atoms with Gasteiger partial charge in [0.2, 0.25) is 0 Å². The molecule has 0 bridgehead atoms. The first-order valence-electron chi connectivity index (χ1n) is 7.31. The number of aliphatic hydroxyl groups is 1. The summed E-state index contributed by atoms with van der Waals surface area (Å²) in [5, 5.41) is 11.2. The zero-order valence-electron chi connectivity index (χ0n) is 12.4. The number of hydrogen-bond acceptors (Lipinski definition) is 3. The lowest BCUT2D eigenvalue weighted by Gasteiger charge is -2.13. The first-order chi connectivity index (χ1) is 11.1. The van der Waals surface area contributed by atoms with Gasteiger partial charge in [-0.05, 0) is 25.1 Å². The summed E-state index contributed by atoms with van der Waals surface area (Å²) < 4.78 is 1.93. The maximum absolute atomic E-state index is 10.5. The predicted octanol–water partition coefficient (Wildman–Crippen LogP) is 3.68. The monoisotopic (exact) mass is 323 g/mol. The van der Waals surface area contributed by atoms with Crippen LogP contribution in [0.25, 0.3) is 5.69 Å². The highest BCUT2D eigenvalue weighted by Gasteiger charge is 2.25. The van der Waals surface area contributed by atoms with E-state index < -0.39 is 6.23 Å². The van der Waals surface area contributed by atoms with Gasteiger partial charge in [0.15, 0.2) is 6.23 Å². The molecule has 5 heteroatoms. The molecule has 3 aromatic rings. The number of aryl methyl sites for hydroxylation is 1. The number of aromatic nitrogens is 2. The molecule has 2 aromatic carbocycles. The van der Waals surface area contributed by atoms with E-state index in [4.69, 9.17) is 11.6 Å². The van der Waals surface area contributed by atoms with Crippen LogP contribution in [0.4, 0.5) is 0 Å². The van der Waals surface area contributed by atoms with E-state index in [1.165, 1.54) is 0 Å². The van der Waals surface area contributed by atoms with Crippen LogP contribution in [0.5, 0.6) is 0 Å². The molecule has 23 heavy (non-hydrogen) atoms. The Hall–Kier alpha value is -2.43. The lowest BCUT2D eigenvalue weighted by Crippen LogP contribution is -2.08. The second-order valence-electron chi connectivity index (χ2n) is 5.44. The van der Waals surface area contributed by atoms with Gasteiger partial charge in [-0.3, -0.25) is 4.57 Å². The van der Waals surface area contributed by atoms with Gasteiger partial charge in [0.25, 0.3) is 0 Å². The smallest absolute Gasteiger partial charge is 0.189 e. The Bertz CT molecular complexity index is 915. The molecule has 0 aliphatic carbocycles. The average Bonchev–Trinajstić information content (AvgIpc) is 2.89. The van der Waals surface area contributed by atoms with Crippen molar-refractivity contribution in [2.75, 3.05) is 0 Å². The van der Waals surface area contributed by atoms with E-state index in [1.54, 1.807) is 6.20 Å². The van der Waals surface area contributed by atoms with Crippen molar-refractivity contribution in [2.24, 2.45) is 4.99 Å². The van der Waals surface area contributed by atoms with Crippen LogP contribution < -0.4 is 0 Å². The molecule has 0 radical (unpaired) electrons. The van der Waals surface area contributed by atoms with Crippen LogP contribution in [-0.2, 0) is 0 Å². The van der Waals surface area contributed by atoms with Crippen LogP contribution in [0.1, 0.15) is 28.9 Å². The highest BCUT2D eigenvalue weighted by molar-refractivity contribution is 6.31. The van der Waals surface area contributed by atoms with E-state index in [1.807, 2.05) is 60.0 Å². The summed E-state index contributed by atoms with van der Waals surface area (Å²) in [4.78, 5) is 8.85. The van der Waals surface area contributed by atoms with E-state index in [2.05, 4.69) is 9.98 Å². The lowest BCUT2D eigenvalue weighted by atomic mass is 10.0. The first kappa shape index (κ1) is 14.2. The van der Waals surface area contributed by atoms with E-state index in [0.29, 0.717) is 10.7 Å². The molecule has 1 atom stereocenters. The summed E-state index contributed by atoms with van der Waals surface area (Å²) in [7, 11) is 0. The van der Waals surface area contributed by atoms with Crippen LogP contribution >= 0.6 is 11.6 Å². The highest BCUT2D eigenvalue weighted by Crippen LogP contribution is 2.32. The number of aliphatic hydroxyl groups excluding tert-OH is 1. The Morgan fingerprint density at radius 2 is 1.91 bits per heavy atom. The number of rotatable bonds is 1. The summed E-state index contributed by atoms with van der Waals surface area (Å²) in [6.45, 7) is 1.90. The fourth-order valence-electron chi connectivity index (χ4n) is 2.93. The molecule has 4 rings (SSSR count). The molecular formula is C18H14ClN3O. The molecule has 2 heterocycles. The topological polar surface area (TPSA) is 50.4 Å². The van der Waals surface area contributed by atoms with Crippen molar-refractivity contribution in [3.63, 3.8) is 0 Å². The van der Waals surface area contributed by atoms with Crippen LogP contribution in [-0.4, -0.2) is 20.4 Å². The number of aliphatic imine (C=N–C) groups is 1. The zero-order chi connectivity index (χ0) is 16.0. The Morgan fingerprint density at radius 1 is 1.13 bits per heavy atom. The third-order valence-corrected chi connectivity index (χ3v) is 4.22. The van der Waals surface area contributed by atoms with Gasteiger partial charge in [-0.15, -0.1) is 0 Å². The van der Waals surface area contributed by atoms with Crippen LogP contribution in [0, 0.1) is 6.92 Å². The Kier molecular flexibility index (Phi) is 3.29. The van der Waals surface area contributed by atoms with Crippen LogP contribution in [0.3, 0.4) is 0 Å². The number of imidazole rings is 1. The molecule has 1 N–H and O–H groups in total. The molecule has 4 nitrogen and oxygen atoms in total. The molecular weight excluding hydrogens is 310 g/mol. The number of hydrogen-bond donors (Lipinski definition) is 1. The van der Waals surface area contributed by atoms with Crippen molar-refractivity contribution < 1.29 is 5.11 Å². The molecule has 0 saturated carbocycles. The van der Waals surface area contributed by atoms with Gasteiger partial charge in [-0.1, -0.05) is 41.9 Å². The predicted molar refractivity (Wildman–Crippen MR) is 90.4 cm³/mol.